The molecule has 0 unspecified atom stereocenters. The molecule has 0 spiro atoms. The summed E-state index contributed by atoms with van der Waals surface area (Å²) < 4.78 is 6.01. The standard InChI is InChI=1S/C19H11NO/c1-4-8-17-12(5-1)11-15-18(21-17)10-9-14-13-6-2-3-7-16(13)20-19(14)15/h1-11H. The van der Waals surface area contributed by atoms with Gasteiger partial charge in [0.2, 0.25) is 0 Å². The van der Waals surface area contributed by atoms with Crippen LogP contribution in [0.4, 0.5) is 0 Å². The fourth-order valence-corrected chi connectivity index (χ4v) is 3.04. The Bertz CT molecular complexity index is 1140. The quantitative estimate of drug-likeness (QED) is 0.357. The molecule has 0 aliphatic heterocycles. The molecule has 5 aromatic rings. The Labute approximate surface area is 120 Å². The highest BCUT2D eigenvalue weighted by Crippen LogP contribution is 2.33. The number of aromatic nitrogens is 1. The lowest BCUT2D eigenvalue weighted by Crippen LogP contribution is -1.78. The summed E-state index contributed by atoms with van der Waals surface area (Å²) in [5.74, 6) is 0. The average molecular weight is 269 g/mol. The minimum atomic E-state index is 0.879. The zero-order chi connectivity index (χ0) is 13.8. The largest absolute Gasteiger partial charge is 0.456 e. The van der Waals surface area contributed by atoms with Gasteiger partial charge in [0.1, 0.15) is 11.2 Å². The zero-order valence-corrected chi connectivity index (χ0v) is 11.2. The van der Waals surface area contributed by atoms with Crippen molar-refractivity contribution in [2.24, 2.45) is 0 Å². The van der Waals surface area contributed by atoms with Crippen LogP contribution in [-0.2, 0) is 0 Å². The second-order valence-electron chi connectivity index (χ2n) is 5.29. The predicted octanol–water partition coefficient (Wildman–Crippen LogP) is 5.29. The minimum absolute atomic E-state index is 0.879. The third-order valence-corrected chi connectivity index (χ3v) is 4.04. The van der Waals surface area contributed by atoms with Crippen molar-refractivity contribution in [1.82, 2.24) is 4.98 Å². The lowest BCUT2D eigenvalue weighted by Gasteiger charge is -2.02. The van der Waals surface area contributed by atoms with Crippen LogP contribution in [0.15, 0.2) is 71.1 Å². The van der Waals surface area contributed by atoms with E-state index >= 15 is 0 Å². The molecule has 0 radical (unpaired) electrons. The van der Waals surface area contributed by atoms with Crippen molar-refractivity contribution in [2.45, 2.75) is 0 Å². The summed E-state index contributed by atoms with van der Waals surface area (Å²) in [6.07, 6.45) is 0. The summed E-state index contributed by atoms with van der Waals surface area (Å²) >= 11 is 0. The predicted molar refractivity (Wildman–Crippen MR) is 86.5 cm³/mol. The number of benzene rings is 3. The molecular formula is C19H11NO. The normalized spacial score (nSPS) is 11.8. The Kier molecular flexibility index (Phi) is 1.98. The van der Waals surface area contributed by atoms with Gasteiger partial charge >= 0.3 is 0 Å². The van der Waals surface area contributed by atoms with Crippen molar-refractivity contribution in [2.75, 3.05) is 0 Å². The van der Waals surface area contributed by atoms with E-state index in [1.54, 1.807) is 0 Å². The van der Waals surface area contributed by atoms with Crippen molar-refractivity contribution in [1.29, 1.82) is 0 Å². The van der Waals surface area contributed by atoms with Gasteiger partial charge in [-0.15, -0.1) is 0 Å². The lowest BCUT2D eigenvalue weighted by molar-refractivity contribution is 0.661. The van der Waals surface area contributed by atoms with Crippen molar-refractivity contribution in [3.63, 3.8) is 0 Å². The van der Waals surface area contributed by atoms with Crippen LogP contribution in [0, 0.1) is 0 Å². The van der Waals surface area contributed by atoms with E-state index in [2.05, 4.69) is 36.4 Å². The molecule has 5 rings (SSSR count). The minimum Gasteiger partial charge on any atom is -0.456 e. The molecule has 98 valence electrons. The molecule has 2 heteroatoms. The number of hydrogen-bond donors (Lipinski definition) is 0. The van der Waals surface area contributed by atoms with Gasteiger partial charge in [0, 0.05) is 21.5 Å². The van der Waals surface area contributed by atoms with E-state index in [1.165, 1.54) is 10.8 Å². The Hall–Kier alpha value is -2.87. The van der Waals surface area contributed by atoms with Gasteiger partial charge in [-0.25, -0.2) is 4.98 Å². The molecule has 2 aromatic heterocycles. The van der Waals surface area contributed by atoms with Crippen molar-refractivity contribution < 1.29 is 4.42 Å². The molecule has 2 nitrogen and oxygen atoms in total. The van der Waals surface area contributed by atoms with Gasteiger partial charge in [0.25, 0.3) is 0 Å². The Morgan fingerprint density at radius 1 is 0.667 bits per heavy atom. The molecule has 0 aliphatic carbocycles. The van der Waals surface area contributed by atoms with Gasteiger partial charge in [0.15, 0.2) is 0 Å². The van der Waals surface area contributed by atoms with Gasteiger partial charge in [-0.3, -0.25) is 0 Å². The summed E-state index contributed by atoms with van der Waals surface area (Å²) in [6, 6.07) is 22.6. The van der Waals surface area contributed by atoms with Crippen LogP contribution in [-0.4, -0.2) is 4.98 Å². The maximum Gasteiger partial charge on any atom is 0.136 e. The van der Waals surface area contributed by atoms with Crippen LogP contribution < -0.4 is 0 Å². The topological polar surface area (TPSA) is 26.0 Å². The number of rotatable bonds is 0. The number of para-hydroxylation sites is 2. The number of hydrogen-bond acceptors (Lipinski definition) is 2. The van der Waals surface area contributed by atoms with Crippen LogP contribution in [0.2, 0.25) is 0 Å². The number of fused-ring (bicyclic) bond motifs is 6. The second kappa shape index (κ2) is 3.83. The molecule has 0 fully saturated rings. The first kappa shape index (κ1) is 10.9. The Morgan fingerprint density at radius 2 is 1.52 bits per heavy atom. The lowest BCUT2D eigenvalue weighted by atomic mass is 10.1. The summed E-state index contributed by atoms with van der Waals surface area (Å²) in [5.41, 5.74) is 3.83. The van der Waals surface area contributed by atoms with Crippen LogP contribution in [0.3, 0.4) is 0 Å². The second-order valence-corrected chi connectivity index (χ2v) is 5.29. The third-order valence-electron chi connectivity index (χ3n) is 4.04. The molecule has 2 heterocycles. The van der Waals surface area contributed by atoms with Crippen molar-refractivity contribution in [3.05, 3.63) is 66.7 Å². The Balaban J connectivity index is 2.05. The van der Waals surface area contributed by atoms with Gasteiger partial charge in [0.05, 0.1) is 11.0 Å². The van der Waals surface area contributed by atoms with E-state index in [9.17, 15) is 0 Å². The van der Waals surface area contributed by atoms with Crippen molar-refractivity contribution in [3.8, 4) is 0 Å². The van der Waals surface area contributed by atoms with Crippen LogP contribution in [0.1, 0.15) is 0 Å². The van der Waals surface area contributed by atoms with E-state index in [0.29, 0.717) is 0 Å². The van der Waals surface area contributed by atoms with Crippen molar-refractivity contribution >= 4 is 43.7 Å². The first-order chi connectivity index (χ1) is 10.4. The molecule has 0 saturated heterocycles. The zero-order valence-electron chi connectivity index (χ0n) is 11.2. The smallest absolute Gasteiger partial charge is 0.136 e. The van der Waals surface area contributed by atoms with E-state index in [1.807, 2.05) is 30.3 Å². The van der Waals surface area contributed by atoms with E-state index in [-0.39, 0.29) is 0 Å². The molecule has 0 N–H and O–H groups in total. The summed E-state index contributed by atoms with van der Waals surface area (Å²) in [7, 11) is 0. The van der Waals surface area contributed by atoms with Gasteiger partial charge in [-0.1, -0.05) is 36.4 Å². The highest BCUT2D eigenvalue weighted by Gasteiger charge is 2.10. The molecule has 0 bridgehead atoms. The average Bonchev–Trinajstić information content (AvgIpc) is 2.92. The maximum absolute atomic E-state index is 6.01. The summed E-state index contributed by atoms with van der Waals surface area (Å²) in [4.78, 5) is 4.79. The van der Waals surface area contributed by atoms with E-state index < -0.39 is 0 Å². The first-order valence-electron chi connectivity index (χ1n) is 7.00. The fraction of sp³-hybridized carbons (Fsp3) is 0. The molecule has 0 aliphatic rings. The summed E-state index contributed by atoms with van der Waals surface area (Å²) in [5, 5.41) is 4.55. The molecule has 0 atom stereocenters. The van der Waals surface area contributed by atoms with Gasteiger partial charge in [-0.2, -0.15) is 0 Å². The molecule has 0 saturated carbocycles. The Morgan fingerprint density at radius 3 is 2.52 bits per heavy atom. The van der Waals surface area contributed by atoms with Gasteiger partial charge < -0.3 is 4.42 Å². The molecular weight excluding hydrogens is 258 g/mol. The highest BCUT2D eigenvalue weighted by molar-refractivity contribution is 6.17. The van der Waals surface area contributed by atoms with E-state index in [4.69, 9.17) is 9.40 Å². The highest BCUT2D eigenvalue weighted by atomic mass is 16.3. The first-order valence-corrected chi connectivity index (χ1v) is 7.00. The van der Waals surface area contributed by atoms with Crippen LogP contribution in [0.5, 0.6) is 0 Å². The van der Waals surface area contributed by atoms with E-state index in [0.717, 1.165) is 33.0 Å². The molecule has 3 aromatic carbocycles. The fourth-order valence-electron chi connectivity index (χ4n) is 3.04. The number of nitrogens with zero attached hydrogens (tertiary/aromatic N) is 1. The monoisotopic (exact) mass is 269 g/mol. The van der Waals surface area contributed by atoms with Crippen LogP contribution in [0.25, 0.3) is 43.7 Å². The SMILES string of the molecule is c1ccc2oc3ccc4c5ccccc5nc4c3cc2c1. The molecule has 0 amide bonds. The molecule has 21 heavy (non-hydrogen) atoms. The maximum atomic E-state index is 6.01. The third kappa shape index (κ3) is 1.44. The van der Waals surface area contributed by atoms with Crippen LogP contribution >= 0.6 is 0 Å². The van der Waals surface area contributed by atoms with Gasteiger partial charge in [-0.05, 0) is 30.3 Å². The summed E-state index contributed by atoms with van der Waals surface area (Å²) in [6.45, 7) is 0.